The van der Waals surface area contributed by atoms with Crippen LogP contribution in [0.4, 0.5) is 4.39 Å². The van der Waals surface area contributed by atoms with Gasteiger partial charge < -0.3 is 15.1 Å². The van der Waals surface area contributed by atoms with Crippen molar-refractivity contribution in [3.63, 3.8) is 0 Å². The summed E-state index contributed by atoms with van der Waals surface area (Å²) in [6, 6.07) is 10.6. The molecule has 2 aromatic rings. The lowest BCUT2D eigenvalue weighted by molar-refractivity contribution is -0.139. The Morgan fingerprint density at radius 2 is 1.50 bits per heavy atom. The van der Waals surface area contributed by atoms with Gasteiger partial charge in [-0.2, -0.15) is 0 Å². The summed E-state index contributed by atoms with van der Waals surface area (Å²) < 4.78 is 40.1. The second kappa shape index (κ2) is 10.8. The third-order valence-corrected chi connectivity index (χ3v) is 7.53. The van der Waals surface area contributed by atoms with Crippen LogP contribution in [0.5, 0.6) is 0 Å². The van der Waals surface area contributed by atoms with E-state index in [2.05, 4.69) is 5.32 Å². The molecule has 1 saturated heterocycles. The van der Waals surface area contributed by atoms with Crippen LogP contribution in [0.3, 0.4) is 0 Å². The number of piperazine rings is 1. The van der Waals surface area contributed by atoms with Gasteiger partial charge in [0.15, 0.2) is 0 Å². The zero-order valence-corrected chi connectivity index (χ0v) is 20.0. The lowest BCUT2D eigenvalue weighted by atomic mass is 10.2. The van der Waals surface area contributed by atoms with Crippen molar-refractivity contribution in [2.24, 2.45) is 0 Å². The average Bonchev–Trinajstić information content (AvgIpc) is 2.83. The summed E-state index contributed by atoms with van der Waals surface area (Å²) in [7, 11) is -4.29. The van der Waals surface area contributed by atoms with E-state index in [1.165, 1.54) is 29.2 Å². The summed E-state index contributed by atoms with van der Waals surface area (Å²) in [5, 5.41) is 0.467. The maximum absolute atomic E-state index is 13.4. The van der Waals surface area contributed by atoms with Crippen molar-refractivity contribution in [1.29, 1.82) is 0 Å². The monoisotopic (exact) mass is 489 g/mol. The molecule has 0 saturated carbocycles. The molecule has 3 rings (SSSR count). The SMILES string of the molecule is CCCC(=O)N1CCN(C(=O)C(NC(=O)c2ccc(F)cc2)S(=O)(=O)c2ccc(C)cc2)CC1. The molecule has 1 unspecified atom stereocenters. The van der Waals surface area contributed by atoms with E-state index in [9.17, 15) is 27.2 Å². The van der Waals surface area contributed by atoms with Crippen LogP contribution in [0.1, 0.15) is 35.7 Å². The number of aryl methyl sites for hydroxylation is 1. The van der Waals surface area contributed by atoms with E-state index in [-0.39, 0.29) is 42.5 Å². The number of carbonyl (C=O) groups is 3. The summed E-state index contributed by atoms with van der Waals surface area (Å²) in [5.41, 5.74) is 0.860. The number of hydrogen-bond acceptors (Lipinski definition) is 5. The fourth-order valence-electron chi connectivity index (χ4n) is 3.65. The van der Waals surface area contributed by atoms with Crippen LogP contribution >= 0.6 is 0 Å². The molecule has 2 aromatic carbocycles. The van der Waals surface area contributed by atoms with Gasteiger partial charge in [0.05, 0.1) is 4.90 Å². The topological polar surface area (TPSA) is 104 Å². The van der Waals surface area contributed by atoms with Gasteiger partial charge in [0.2, 0.25) is 21.1 Å². The molecule has 0 bridgehead atoms. The Morgan fingerprint density at radius 3 is 2.06 bits per heavy atom. The molecule has 0 aromatic heterocycles. The Morgan fingerprint density at radius 1 is 0.941 bits per heavy atom. The standard InChI is InChI=1S/C24H28FN3O5S/c1-3-4-21(29)27-13-15-28(16-14-27)24(31)23(26-22(30)18-7-9-19(25)10-8-18)34(32,33)20-11-5-17(2)6-12-20/h5-12,23H,3-4,13-16H2,1-2H3,(H,26,30). The molecule has 1 aliphatic rings. The van der Waals surface area contributed by atoms with Gasteiger partial charge in [-0.1, -0.05) is 24.6 Å². The van der Waals surface area contributed by atoms with E-state index in [0.717, 1.165) is 17.7 Å². The Balaban J connectivity index is 1.86. The first kappa shape index (κ1) is 25.4. The summed E-state index contributed by atoms with van der Waals surface area (Å²) in [4.78, 5) is 41.2. The Kier molecular flexibility index (Phi) is 8.03. The number of rotatable bonds is 7. The molecule has 1 aliphatic heterocycles. The van der Waals surface area contributed by atoms with Crippen LogP contribution in [-0.4, -0.2) is 67.5 Å². The molecule has 10 heteroatoms. The Labute approximate surface area is 198 Å². The molecule has 1 N–H and O–H groups in total. The van der Waals surface area contributed by atoms with Crippen molar-refractivity contribution in [3.05, 3.63) is 65.5 Å². The zero-order valence-electron chi connectivity index (χ0n) is 19.2. The van der Waals surface area contributed by atoms with Crippen molar-refractivity contribution < 1.29 is 27.2 Å². The minimum absolute atomic E-state index is 0.0111. The molecule has 1 heterocycles. The number of nitrogens with zero attached hydrogens (tertiary/aromatic N) is 2. The average molecular weight is 490 g/mol. The molecular weight excluding hydrogens is 461 g/mol. The van der Waals surface area contributed by atoms with Crippen molar-refractivity contribution in [2.45, 2.75) is 37.0 Å². The number of sulfone groups is 1. The number of amides is 3. The molecule has 0 radical (unpaired) electrons. The maximum Gasteiger partial charge on any atom is 0.261 e. The summed E-state index contributed by atoms with van der Waals surface area (Å²) in [5.74, 6) is -2.15. The molecular formula is C24H28FN3O5S. The van der Waals surface area contributed by atoms with Gasteiger partial charge in [-0.3, -0.25) is 14.4 Å². The van der Waals surface area contributed by atoms with E-state index in [1.54, 1.807) is 24.0 Å². The highest BCUT2D eigenvalue weighted by atomic mass is 32.2. The zero-order chi connectivity index (χ0) is 24.9. The lowest BCUT2D eigenvalue weighted by Crippen LogP contribution is -2.57. The minimum Gasteiger partial charge on any atom is -0.339 e. The Bertz CT molecular complexity index is 1140. The largest absolute Gasteiger partial charge is 0.339 e. The molecule has 0 spiro atoms. The van der Waals surface area contributed by atoms with Gasteiger partial charge in [-0.25, -0.2) is 12.8 Å². The normalized spacial score (nSPS) is 15.0. The molecule has 1 atom stereocenters. The fourth-order valence-corrected chi connectivity index (χ4v) is 5.12. The van der Waals surface area contributed by atoms with Crippen LogP contribution in [0.2, 0.25) is 0 Å². The molecule has 3 amide bonds. The molecule has 1 fully saturated rings. The Hall–Kier alpha value is -3.27. The van der Waals surface area contributed by atoms with Gasteiger partial charge in [0, 0.05) is 38.2 Å². The highest BCUT2D eigenvalue weighted by Crippen LogP contribution is 2.19. The van der Waals surface area contributed by atoms with Crippen LogP contribution in [0.15, 0.2) is 53.4 Å². The van der Waals surface area contributed by atoms with E-state index in [0.29, 0.717) is 12.8 Å². The van der Waals surface area contributed by atoms with Crippen molar-refractivity contribution >= 4 is 27.6 Å². The highest BCUT2D eigenvalue weighted by molar-refractivity contribution is 7.92. The number of hydrogen-bond donors (Lipinski definition) is 1. The first-order valence-corrected chi connectivity index (χ1v) is 12.6. The van der Waals surface area contributed by atoms with E-state index in [1.807, 2.05) is 6.92 Å². The number of carbonyl (C=O) groups excluding carboxylic acids is 3. The smallest absolute Gasteiger partial charge is 0.261 e. The predicted molar refractivity (Wildman–Crippen MR) is 124 cm³/mol. The van der Waals surface area contributed by atoms with Crippen LogP contribution < -0.4 is 5.32 Å². The van der Waals surface area contributed by atoms with E-state index < -0.39 is 32.8 Å². The lowest BCUT2D eigenvalue weighted by Gasteiger charge is -2.36. The molecule has 0 aliphatic carbocycles. The first-order valence-electron chi connectivity index (χ1n) is 11.1. The van der Waals surface area contributed by atoms with E-state index in [4.69, 9.17) is 0 Å². The quantitative estimate of drug-likeness (QED) is 0.642. The maximum atomic E-state index is 13.4. The summed E-state index contributed by atoms with van der Waals surface area (Å²) in [6.45, 7) is 4.58. The fraction of sp³-hybridized carbons (Fsp3) is 0.375. The highest BCUT2D eigenvalue weighted by Gasteiger charge is 2.39. The van der Waals surface area contributed by atoms with Gasteiger partial charge in [-0.15, -0.1) is 0 Å². The predicted octanol–water partition coefficient (Wildman–Crippen LogP) is 2.13. The van der Waals surface area contributed by atoms with Gasteiger partial charge in [0.25, 0.3) is 11.8 Å². The van der Waals surface area contributed by atoms with Crippen LogP contribution in [0, 0.1) is 12.7 Å². The first-order chi connectivity index (χ1) is 16.1. The van der Waals surface area contributed by atoms with Crippen molar-refractivity contribution in [3.8, 4) is 0 Å². The van der Waals surface area contributed by atoms with Crippen molar-refractivity contribution in [1.82, 2.24) is 15.1 Å². The number of benzene rings is 2. The number of halogens is 1. The molecule has 8 nitrogen and oxygen atoms in total. The summed E-state index contributed by atoms with van der Waals surface area (Å²) in [6.07, 6.45) is 1.12. The van der Waals surface area contributed by atoms with E-state index >= 15 is 0 Å². The third kappa shape index (κ3) is 5.80. The second-order valence-electron chi connectivity index (χ2n) is 8.17. The van der Waals surface area contributed by atoms with Crippen LogP contribution in [-0.2, 0) is 19.4 Å². The molecule has 182 valence electrons. The number of nitrogens with one attached hydrogen (secondary N) is 1. The minimum atomic E-state index is -4.29. The third-order valence-electron chi connectivity index (χ3n) is 5.66. The second-order valence-corrected chi connectivity index (χ2v) is 10.2. The van der Waals surface area contributed by atoms with Gasteiger partial charge >= 0.3 is 0 Å². The van der Waals surface area contributed by atoms with Gasteiger partial charge in [-0.05, 0) is 49.7 Å². The summed E-state index contributed by atoms with van der Waals surface area (Å²) >= 11 is 0. The van der Waals surface area contributed by atoms with Crippen LogP contribution in [0.25, 0.3) is 0 Å². The van der Waals surface area contributed by atoms with Crippen molar-refractivity contribution in [2.75, 3.05) is 26.2 Å². The molecule has 34 heavy (non-hydrogen) atoms. The van der Waals surface area contributed by atoms with Gasteiger partial charge in [0.1, 0.15) is 5.82 Å².